The van der Waals surface area contributed by atoms with Crippen molar-refractivity contribution >= 4 is 38.9 Å². The molecule has 1 aromatic heterocycles. The number of nitrogens with one attached hydrogen (secondary N) is 1. The van der Waals surface area contributed by atoms with Crippen LogP contribution in [0.2, 0.25) is 5.02 Å². The van der Waals surface area contributed by atoms with Gasteiger partial charge in [-0.25, -0.2) is 8.42 Å². The zero-order chi connectivity index (χ0) is 13.1. The highest BCUT2D eigenvalue weighted by Crippen LogP contribution is 2.27. The lowest BCUT2D eigenvalue weighted by Gasteiger charge is -2.13. The van der Waals surface area contributed by atoms with Gasteiger partial charge >= 0.3 is 5.97 Å². The quantitative estimate of drug-likeness (QED) is 0.840. The molecule has 1 rings (SSSR count). The van der Waals surface area contributed by atoms with Crippen LogP contribution in [0, 0.1) is 0 Å². The minimum absolute atomic E-state index is 0.0541. The lowest BCUT2D eigenvalue weighted by Crippen LogP contribution is -2.40. The fourth-order valence-electron chi connectivity index (χ4n) is 1.23. The van der Waals surface area contributed by atoms with Crippen LogP contribution in [0.15, 0.2) is 15.7 Å². The Morgan fingerprint density at radius 3 is 2.71 bits per heavy atom. The molecule has 1 heterocycles. The Kier molecular flexibility index (Phi) is 4.93. The third kappa shape index (κ3) is 3.67. The van der Waals surface area contributed by atoms with Crippen LogP contribution >= 0.6 is 22.9 Å². The summed E-state index contributed by atoms with van der Waals surface area (Å²) in [6.45, 7) is 1.78. The molecule has 8 heteroatoms. The SMILES string of the molecule is CCCC(NS(=O)(=O)c1sccc1Cl)C(=O)O. The lowest BCUT2D eigenvalue weighted by atomic mass is 10.2. The summed E-state index contributed by atoms with van der Waals surface area (Å²) >= 11 is 6.66. The molecule has 0 saturated heterocycles. The van der Waals surface area contributed by atoms with Crippen LogP contribution in [0.1, 0.15) is 19.8 Å². The third-order valence-electron chi connectivity index (χ3n) is 2.00. The summed E-state index contributed by atoms with van der Waals surface area (Å²) in [5.41, 5.74) is 0. The molecule has 0 spiro atoms. The molecule has 0 bridgehead atoms. The maximum atomic E-state index is 11.9. The van der Waals surface area contributed by atoms with Crippen LogP contribution in [-0.2, 0) is 14.8 Å². The molecule has 0 aliphatic rings. The van der Waals surface area contributed by atoms with Crippen molar-refractivity contribution in [1.29, 1.82) is 0 Å². The van der Waals surface area contributed by atoms with Crippen LogP contribution in [-0.4, -0.2) is 25.5 Å². The van der Waals surface area contributed by atoms with Crippen molar-refractivity contribution in [1.82, 2.24) is 4.72 Å². The van der Waals surface area contributed by atoms with Crippen molar-refractivity contribution in [2.75, 3.05) is 0 Å². The van der Waals surface area contributed by atoms with Crippen molar-refractivity contribution in [2.24, 2.45) is 0 Å². The van der Waals surface area contributed by atoms with Gasteiger partial charge in [-0.2, -0.15) is 4.72 Å². The Bertz CT molecular complexity index is 497. The first-order chi connectivity index (χ1) is 7.88. The first-order valence-corrected chi connectivity index (χ1v) is 7.60. The van der Waals surface area contributed by atoms with Crippen LogP contribution in [0.4, 0.5) is 0 Å². The molecule has 0 aliphatic heterocycles. The second kappa shape index (κ2) is 5.81. The largest absolute Gasteiger partial charge is 0.480 e. The fraction of sp³-hybridized carbons (Fsp3) is 0.444. The zero-order valence-electron chi connectivity index (χ0n) is 9.01. The number of sulfonamides is 1. The van der Waals surface area contributed by atoms with Gasteiger partial charge in [0.25, 0.3) is 10.0 Å². The number of halogens is 1. The van der Waals surface area contributed by atoms with E-state index in [-0.39, 0.29) is 15.7 Å². The molecular weight excluding hydrogens is 286 g/mol. The van der Waals surface area contributed by atoms with Crippen molar-refractivity contribution < 1.29 is 18.3 Å². The molecule has 2 N–H and O–H groups in total. The van der Waals surface area contributed by atoms with E-state index in [9.17, 15) is 13.2 Å². The number of carboxylic acids is 1. The number of thiophene rings is 1. The van der Waals surface area contributed by atoms with Crippen LogP contribution in [0.3, 0.4) is 0 Å². The van der Waals surface area contributed by atoms with Crippen molar-refractivity contribution in [3.63, 3.8) is 0 Å². The number of carboxylic acid groups (broad SMARTS) is 1. The standard InChI is InChI=1S/C9H12ClNO4S2/c1-2-3-7(8(12)13)11-17(14,15)9-6(10)4-5-16-9/h4-5,7,11H,2-3H2,1H3,(H,12,13). The average Bonchev–Trinajstić information content (AvgIpc) is 2.64. The van der Waals surface area contributed by atoms with Crippen LogP contribution in [0.5, 0.6) is 0 Å². The van der Waals surface area contributed by atoms with Gasteiger partial charge in [0.15, 0.2) is 4.21 Å². The summed E-state index contributed by atoms with van der Waals surface area (Å²) in [6.07, 6.45) is 0.801. The average molecular weight is 298 g/mol. The normalized spacial score (nSPS) is 13.5. The molecule has 0 aromatic carbocycles. The minimum atomic E-state index is -3.86. The van der Waals surface area contributed by atoms with E-state index in [1.54, 1.807) is 6.92 Å². The van der Waals surface area contributed by atoms with E-state index in [2.05, 4.69) is 4.72 Å². The molecule has 1 unspecified atom stereocenters. The summed E-state index contributed by atoms with van der Waals surface area (Å²) in [4.78, 5) is 10.9. The topological polar surface area (TPSA) is 83.5 Å². The van der Waals surface area contributed by atoms with E-state index in [4.69, 9.17) is 16.7 Å². The van der Waals surface area contributed by atoms with Crippen molar-refractivity contribution in [3.05, 3.63) is 16.5 Å². The van der Waals surface area contributed by atoms with Crippen molar-refractivity contribution in [3.8, 4) is 0 Å². The van der Waals surface area contributed by atoms with Gasteiger partial charge in [0, 0.05) is 0 Å². The number of aliphatic carboxylic acids is 1. The monoisotopic (exact) mass is 297 g/mol. The number of hydrogen-bond acceptors (Lipinski definition) is 4. The van der Waals surface area contributed by atoms with E-state index in [0.717, 1.165) is 11.3 Å². The molecule has 1 atom stereocenters. The first-order valence-electron chi connectivity index (χ1n) is 4.86. The van der Waals surface area contributed by atoms with E-state index in [1.807, 2.05) is 0 Å². The number of rotatable bonds is 6. The third-order valence-corrected chi connectivity index (χ3v) is 5.50. The van der Waals surface area contributed by atoms with Crippen LogP contribution < -0.4 is 4.72 Å². The Morgan fingerprint density at radius 2 is 2.29 bits per heavy atom. The highest BCUT2D eigenvalue weighted by molar-refractivity contribution is 7.91. The molecule has 1 aromatic rings. The van der Waals surface area contributed by atoms with Gasteiger partial charge in [-0.05, 0) is 17.9 Å². The van der Waals surface area contributed by atoms with Gasteiger partial charge < -0.3 is 5.11 Å². The molecular formula is C9H12ClNO4S2. The Balaban J connectivity index is 2.93. The molecule has 0 radical (unpaired) electrons. The highest BCUT2D eigenvalue weighted by atomic mass is 35.5. The maximum absolute atomic E-state index is 11.9. The second-order valence-electron chi connectivity index (χ2n) is 3.36. The maximum Gasteiger partial charge on any atom is 0.321 e. The van der Waals surface area contributed by atoms with Gasteiger partial charge in [-0.3, -0.25) is 4.79 Å². The molecule has 96 valence electrons. The number of hydrogen-bond donors (Lipinski definition) is 2. The molecule has 5 nitrogen and oxygen atoms in total. The predicted octanol–water partition coefficient (Wildman–Crippen LogP) is 1.93. The van der Waals surface area contributed by atoms with E-state index in [1.165, 1.54) is 11.4 Å². The predicted molar refractivity (Wildman–Crippen MR) is 66.0 cm³/mol. The molecule has 0 amide bonds. The number of carbonyl (C=O) groups is 1. The first kappa shape index (κ1) is 14.4. The Labute approximate surface area is 108 Å². The summed E-state index contributed by atoms with van der Waals surface area (Å²) in [7, 11) is -3.86. The molecule has 0 fully saturated rings. The van der Waals surface area contributed by atoms with Gasteiger partial charge in [-0.15, -0.1) is 11.3 Å². The summed E-state index contributed by atoms with van der Waals surface area (Å²) in [5.74, 6) is -1.19. The van der Waals surface area contributed by atoms with E-state index < -0.39 is 22.0 Å². The van der Waals surface area contributed by atoms with Crippen molar-refractivity contribution in [2.45, 2.75) is 30.0 Å². The smallest absolute Gasteiger partial charge is 0.321 e. The highest BCUT2D eigenvalue weighted by Gasteiger charge is 2.27. The summed E-state index contributed by atoms with van der Waals surface area (Å²) in [6, 6.07) is 0.333. The summed E-state index contributed by atoms with van der Waals surface area (Å²) in [5, 5.41) is 10.5. The Morgan fingerprint density at radius 1 is 1.65 bits per heavy atom. The fourth-order valence-corrected chi connectivity index (χ4v) is 4.16. The summed E-state index contributed by atoms with van der Waals surface area (Å²) < 4.78 is 25.8. The minimum Gasteiger partial charge on any atom is -0.480 e. The van der Waals surface area contributed by atoms with Crippen LogP contribution in [0.25, 0.3) is 0 Å². The molecule has 17 heavy (non-hydrogen) atoms. The van der Waals surface area contributed by atoms with E-state index in [0.29, 0.717) is 6.42 Å². The lowest BCUT2D eigenvalue weighted by molar-refractivity contribution is -0.139. The van der Waals surface area contributed by atoms with Gasteiger partial charge in [-0.1, -0.05) is 24.9 Å². The van der Waals surface area contributed by atoms with Gasteiger partial charge in [0.2, 0.25) is 0 Å². The van der Waals surface area contributed by atoms with Gasteiger partial charge in [0.1, 0.15) is 6.04 Å². The molecule has 0 aliphatic carbocycles. The molecule has 0 saturated carbocycles. The van der Waals surface area contributed by atoms with E-state index >= 15 is 0 Å². The Hall–Kier alpha value is -0.630. The zero-order valence-corrected chi connectivity index (χ0v) is 11.4. The second-order valence-corrected chi connectivity index (χ2v) is 6.59. The van der Waals surface area contributed by atoms with Gasteiger partial charge in [0.05, 0.1) is 5.02 Å².